The van der Waals surface area contributed by atoms with Gasteiger partial charge in [0.25, 0.3) is 0 Å². The maximum atomic E-state index is 5.68. The molecule has 2 N–H and O–H groups in total. The van der Waals surface area contributed by atoms with Crippen molar-refractivity contribution in [2.75, 3.05) is 24.5 Å². The average Bonchev–Trinajstić information content (AvgIpc) is 2.29. The van der Waals surface area contributed by atoms with Crippen LogP contribution in [-0.2, 0) is 6.42 Å². The summed E-state index contributed by atoms with van der Waals surface area (Å²) in [5, 5.41) is 0. The normalized spacial score (nSPS) is 17.3. The minimum atomic E-state index is 0.580. The fraction of sp³-hybridized carbons (Fsp3) is 0.538. The predicted octanol–water partition coefficient (Wildman–Crippen LogP) is 2.03. The third-order valence-electron chi connectivity index (χ3n) is 3.14. The van der Waals surface area contributed by atoms with Crippen molar-refractivity contribution in [3.63, 3.8) is 0 Å². The van der Waals surface area contributed by atoms with Crippen LogP contribution in [0.5, 0.6) is 0 Å². The summed E-state index contributed by atoms with van der Waals surface area (Å²) in [5.41, 5.74) is 8.60. The van der Waals surface area contributed by atoms with Crippen LogP contribution in [-0.4, -0.2) is 19.6 Å². The van der Waals surface area contributed by atoms with Gasteiger partial charge in [0.2, 0.25) is 0 Å². The molecule has 0 saturated carbocycles. The topological polar surface area (TPSA) is 29.3 Å². The number of nitrogens with zero attached hydrogens (tertiary/aromatic N) is 1. The van der Waals surface area contributed by atoms with Gasteiger partial charge < -0.3 is 10.6 Å². The molecular weight excluding hydrogens is 184 g/mol. The van der Waals surface area contributed by atoms with Gasteiger partial charge in [0, 0.05) is 18.8 Å². The summed E-state index contributed by atoms with van der Waals surface area (Å²) < 4.78 is 0. The zero-order chi connectivity index (χ0) is 10.7. The Labute approximate surface area is 92.1 Å². The van der Waals surface area contributed by atoms with Gasteiger partial charge in [-0.1, -0.05) is 25.1 Å². The molecule has 0 amide bonds. The van der Waals surface area contributed by atoms with Gasteiger partial charge in [-0.15, -0.1) is 0 Å². The fourth-order valence-electron chi connectivity index (χ4n) is 2.25. The monoisotopic (exact) mass is 204 g/mol. The molecule has 2 rings (SSSR count). The van der Waals surface area contributed by atoms with E-state index in [1.165, 1.54) is 30.6 Å². The summed E-state index contributed by atoms with van der Waals surface area (Å²) in [7, 11) is 0. The van der Waals surface area contributed by atoms with Gasteiger partial charge in [-0.05, 0) is 36.9 Å². The SMILES string of the molecule is CC(CN)CN1CCCc2ccccc21. The predicted molar refractivity (Wildman–Crippen MR) is 65.2 cm³/mol. The molecule has 0 fully saturated rings. The van der Waals surface area contributed by atoms with Gasteiger partial charge in [0.15, 0.2) is 0 Å². The molecule has 0 aromatic heterocycles. The molecule has 0 aliphatic carbocycles. The van der Waals surface area contributed by atoms with E-state index >= 15 is 0 Å². The lowest BCUT2D eigenvalue weighted by Crippen LogP contribution is -2.35. The van der Waals surface area contributed by atoms with Crippen molar-refractivity contribution in [2.24, 2.45) is 11.7 Å². The Morgan fingerprint density at radius 1 is 1.40 bits per heavy atom. The van der Waals surface area contributed by atoms with Crippen LogP contribution in [0.25, 0.3) is 0 Å². The first-order valence-corrected chi connectivity index (χ1v) is 5.84. The minimum absolute atomic E-state index is 0.580. The number of aryl methyl sites for hydroxylation is 1. The number of benzene rings is 1. The van der Waals surface area contributed by atoms with Crippen molar-refractivity contribution >= 4 is 5.69 Å². The summed E-state index contributed by atoms with van der Waals surface area (Å²) in [6.07, 6.45) is 2.50. The van der Waals surface area contributed by atoms with Crippen LogP contribution in [0.15, 0.2) is 24.3 Å². The Balaban J connectivity index is 2.15. The van der Waals surface area contributed by atoms with Crippen molar-refractivity contribution in [3.05, 3.63) is 29.8 Å². The van der Waals surface area contributed by atoms with E-state index in [4.69, 9.17) is 5.73 Å². The smallest absolute Gasteiger partial charge is 0.0398 e. The second kappa shape index (κ2) is 4.67. The van der Waals surface area contributed by atoms with Gasteiger partial charge in [0.05, 0.1) is 0 Å². The maximum Gasteiger partial charge on any atom is 0.0398 e. The highest BCUT2D eigenvalue weighted by Gasteiger charge is 2.17. The van der Waals surface area contributed by atoms with E-state index in [0.29, 0.717) is 5.92 Å². The van der Waals surface area contributed by atoms with Crippen LogP contribution < -0.4 is 10.6 Å². The first kappa shape index (κ1) is 10.5. The first-order chi connectivity index (χ1) is 7.31. The van der Waals surface area contributed by atoms with Crippen LogP contribution >= 0.6 is 0 Å². The lowest BCUT2D eigenvalue weighted by molar-refractivity contribution is 0.553. The van der Waals surface area contributed by atoms with E-state index in [1.807, 2.05) is 0 Å². The van der Waals surface area contributed by atoms with Crippen molar-refractivity contribution in [1.29, 1.82) is 0 Å². The van der Waals surface area contributed by atoms with Crippen molar-refractivity contribution in [1.82, 2.24) is 0 Å². The largest absolute Gasteiger partial charge is 0.371 e. The van der Waals surface area contributed by atoms with Gasteiger partial charge >= 0.3 is 0 Å². The lowest BCUT2D eigenvalue weighted by Gasteiger charge is -2.33. The highest BCUT2D eigenvalue weighted by atomic mass is 15.1. The van der Waals surface area contributed by atoms with Crippen LogP contribution in [0.4, 0.5) is 5.69 Å². The van der Waals surface area contributed by atoms with E-state index in [0.717, 1.165) is 13.1 Å². The Bertz CT molecular complexity index is 322. The number of para-hydroxylation sites is 1. The standard InChI is InChI=1S/C13H20N2/c1-11(9-14)10-15-8-4-6-12-5-2-3-7-13(12)15/h2-3,5,7,11H,4,6,8-10,14H2,1H3. The Morgan fingerprint density at radius 2 is 2.20 bits per heavy atom. The molecular formula is C13H20N2. The Hall–Kier alpha value is -1.02. The molecule has 2 nitrogen and oxygen atoms in total. The average molecular weight is 204 g/mol. The lowest BCUT2D eigenvalue weighted by atomic mass is 10.0. The van der Waals surface area contributed by atoms with E-state index in [1.54, 1.807) is 0 Å². The summed E-state index contributed by atoms with van der Waals surface area (Å²) in [5.74, 6) is 0.580. The molecule has 1 aromatic rings. The van der Waals surface area contributed by atoms with Gasteiger partial charge in [0.1, 0.15) is 0 Å². The Kier molecular flexibility index (Phi) is 3.27. The first-order valence-electron chi connectivity index (χ1n) is 5.84. The summed E-state index contributed by atoms with van der Waals surface area (Å²) in [4.78, 5) is 2.48. The number of anilines is 1. The highest BCUT2D eigenvalue weighted by Crippen LogP contribution is 2.26. The number of rotatable bonds is 3. The van der Waals surface area contributed by atoms with E-state index in [-0.39, 0.29) is 0 Å². The summed E-state index contributed by atoms with van der Waals surface area (Å²) >= 11 is 0. The molecule has 1 aliphatic rings. The quantitative estimate of drug-likeness (QED) is 0.816. The van der Waals surface area contributed by atoms with Gasteiger partial charge in [-0.25, -0.2) is 0 Å². The third kappa shape index (κ3) is 2.32. The highest BCUT2D eigenvalue weighted by molar-refractivity contribution is 5.55. The molecule has 1 heterocycles. The summed E-state index contributed by atoms with van der Waals surface area (Å²) in [6.45, 7) is 5.27. The molecule has 1 unspecified atom stereocenters. The zero-order valence-electron chi connectivity index (χ0n) is 9.45. The second-order valence-electron chi connectivity index (χ2n) is 4.52. The number of hydrogen-bond donors (Lipinski definition) is 1. The number of fused-ring (bicyclic) bond motifs is 1. The molecule has 0 radical (unpaired) electrons. The van der Waals surface area contributed by atoms with Crippen LogP contribution in [0.2, 0.25) is 0 Å². The zero-order valence-corrected chi connectivity index (χ0v) is 9.45. The number of hydrogen-bond acceptors (Lipinski definition) is 2. The van der Waals surface area contributed by atoms with E-state index in [2.05, 4.69) is 36.1 Å². The molecule has 1 aliphatic heterocycles. The fourth-order valence-corrected chi connectivity index (χ4v) is 2.25. The third-order valence-corrected chi connectivity index (χ3v) is 3.14. The van der Waals surface area contributed by atoms with Crippen LogP contribution in [0.1, 0.15) is 18.9 Å². The van der Waals surface area contributed by atoms with Crippen molar-refractivity contribution < 1.29 is 0 Å². The number of nitrogens with two attached hydrogens (primary N) is 1. The van der Waals surface area contributed by atoms with Crippen LogP contribution in [0, 0.1) is 5.92 Å². The minimum Gasteiger partial charge on any atom is -0.371 e. The molecule has 82 valence electrons. The molecule has 0 saturated heterocycles. The van der Waals surface area contributed by atoms with Gasteiger partial charge in [-0.2, -0.15) is 0 Å². The molecule has 2 heteroatoms. The second-order valence-corrected chi connectivity index (χ2v) is 4.52. The van der Waals surface area contributed by atoms with Crippen molar-refractivity contribution in [3.8, 4) is 0 Å². The molecule has 1 aromatic carbocycles. The maximum absolute atomic E-state index is 5.68. The summed E-state index contributed by atoms with van der Waals surface area (Å²) in [6, 6.07) is 8.74. The van der Waals surface area contributed by atoms with E-state index in [9.17, 15) is 0 Å². The van der Waals surface area contributed by atoms with Crippen molar-refractivity contribution in [2.45, 2.75) is 19.8 Å². The molecule has 0 spiro atoms. The molecule has 1 atom stereocenters. The Morgan fingerprint density at radius 3 is 3.00 bits per heavy atom. The van der Waals surface area contributed by atoms with Crippen LogP contribution in [0.3, 0.4) is 0 Å². The van der Waals surface area contributed by atoms with E-state index < -0.39 is 0 Å². The molecule has 0 bridgehead atoms. The van der Waals surface area contributed by atoms with Gasteiger partial charge in [-0.3, -0.25) is 0 Å². The molecule has 15 heavy (non-hydrogen) atoms.